The quantitative estimate of drug-likeness (QED) is 0.267. The summed E-state index contributed by atoms with van der Waals surface area (Å²) in [6, 6.07) is 29.5. The minimum atomic E-state index is -4.10. The predicted molar refractivity (Wildman–Crippen MR) is 158 cm³/mol. The molecule has 4 aromatic carbocycles. The Morgan fingerprint density at radius 2 is 1.61 bits per heavy atom. The summed E-state index contributed by atoms with van der Waals surface area (Å²) in [5.41, 5.74) is 2.30. The van der Waals surface area contributed by atoms with Crippen molar-refractivity contribution in [3.8, 4) is 17.1 Å². The van der Waals surface area contributed by atoms with E-state index in [0.29, 0.717) is 29.2 Å². The molecule has 0 unspecified atom stereocenters. The Bertz CT molecular complexity index is 2050. The number of sulfonamides is 1. The fourth-order valence-electron chi connectivity index (χ4n) is 5.04. The minimum absolute atomic E-state index is 0.000201. The lowest BCUT2D eigenvalue weighted by Crippen LogP contribution is -2.31. The number of hydrogen-bond acceptors (Lipinski definition) is 6. The van der Waals surface area contributed by atoms with Gasteiger partial charge in [0.15, 0.2) is 5.82 Å². The number of hydrogen-bond donors (Lipinski definition) is 0. The van der Waals surface area contributed by atoms with Gasteiger partial charge in [0.2, 0.25) is 0 Å². The van der Waals surface area contributed by atoms with Gasteiger partial charge in [-0.2, -0.15) is 4.98 Å². The molecule has 0 atom stereocenters. The third kappa shape index (κ3) is 4.62. The Balaban J connectivity index is 1.31. The van der Waals surface area contributed by atoms with Crippen LogP contribution in [-0.2, 0) is 23.5 Å². The molecular weight excluding hydrogens is 538 g/mol. The number of anilines is 1. The van der Waals surface area contributed by atoms with Gasteiger partial charge in [-0.15, -0.1) is 0 Å². The Kier molecular flexibility index (Phi) is 6.55. The molecule has 0 aliphatic heterocycles. The molecular formula is C31H27N5O4S. The van der Waals surface area contributed by atoms with E-state index in [0.717, 1.165) is 20.6 Å². The van der Waals surface area contributed by atoms with E-state index in [-0.39, 0.29) is 16.5 Å². The van der Waals surface area contributed by atoms with Crippen LogP contribution in [0.25, 0.3) is 27.9 Å². The molecule has 2 heterocycles. The fraction of sp³-hybridized carbons (Fsp3) is 0.129. The molecule has 41 heavy (non-hydrogen) atoms. The van der Waals surface area contributed by atoms with Crippen molar-refractivity contribution in [1.82, 2.24) is 19.5 Å². The Morgan fingerprint density at radius 3 is 2.41 bits per heavy atom. The Labute approximate surface area is 236 Å². The predicted octanol–water partition coefficient (Wildman–Crippen LogP) is 5.10. The summed E-state index contributed by atoms with van der Waals surface area (Å²) >= 11 is 0. The molecule has 206 valence electrons. The first-order valence-electron chi connectivity index (χ1n) is 13.0. The summed E-state index contributed by atoms with van der Waals surface area (Å²) in [5.74, 6) is 0.699. The summed E-state index contributed by atoms with van der Waals surface area (Å²) in [5, 5.41) is 6.38. The first-order valence-corrected chi connectivity index (χ1v) is 14.4. The lowest BCUT2D eigenvalue weighted by molar-refractivity contribution is 0.424. The molecule has 0 saturated carbocycles. The lowest BCUT2D eigenvalue weighted by Gasteiger charge is -2.18. The molecule has 0 fully saturated rings. The van der Waals surface area contributed by atoms with Crippen molar-refractivity contribution in [2.45, 2.75) is 18.2 Å². The largest absolute Gasteiger partial charge is 0.334 e. The number of benzene rings is 4. The molecule has 0 saturated heterocycles. The first-order chi connectivity index (χ1) is 19.8. The van der Waals surface area contributed by atoms with Gasteiger partial charge >= 0.3 is 0 Å². The van der Waals surface area contributed by atoms with Crippen LogP contribution in [0.1, 0.15) is 17.1 Å². The highest BCUT2D eigenvalue weighted by Crippen LogP contribution is 2.28. The van der Waals surface area contributed by atoms with Gasteiger partial charge in [-0.3, -0.25) is 13.8 Å². The zero-order chi connectivity index (χ0) is 28.7. The number of nitrogens with zero attached hydrogens (tertiary/aromatic N) is 5. The number of para-hydroxylation sites is 1. The molecule has 0 bridgehead atoms. The summed E-state index contributed by atoms with van der Waals surface area (Å²) in [7, 11) is -0.995. The van der Waals surface area contributed by atoms with Gasteiger partial charge in [0, 0.05) is 26.1 Å². The number of aromatic nitrogens is 4. The van der Waals surface area contributed by atoms with Crippen LogP contribution in [0.15, 0.2) is 111 Å². The highest BCUT2D eigenvalue weighted by molar-refractivity contribution is 7.92. The molecule has 10 heteroatoms. The van der Waals surface area contributed by atoms with Crippen LogP contribution in [0.4, 0.5) is 5.69 Å². The second-order valence-corrected chi connectivity index (χ2v) is 11.7. The minimum Gasteiger partial charge on any atom is -0.334 e. The van der Waals surface area contributed by atoms with Crippen LogP contribution in [-0.4, -0.2) is 35.0 Å². The van der Waals surface area contributed by atoms with Gasteiger partial charge in [-0.05, 0) is 53.6 Å². The molecule has 6 aromatic rings. The fourth-order valence-corrected chi connectivity index (χ4v) is 6.34. The summed E-state index contributed by atoms with van der Waals surface area (Å²) in [4.78, 5) is 18.0. The molecule has 0 spiro atoms. The van der Waals surface area contributed by atoms with Gasteiger partial charge < -0.3 is 4.52 Å². The lowest BCUT2D eigenvalue weighted by atomic mass is 10.0. The monoisotopic (exact) mass is 565 g/mol. The van der Waals surface area contributed by atoms with E-state index < -0.39 is 15.6 Å². The van der Waals surface area contributed by atoms with Crippen molar-refractivity contribution in [2.75, 3.05) is 11.4 Å². The van der Waals surface area contributed by atoms with Crippen molar-refractivity contribution < 1.29 is 12.9 Å². The first kappa shape index (κ1) is 26.3. The maximum absolute atomic E-state index is 13.8. The highest BCUT2D eigenvalue weighted by Gasteiger charge is 2.29. The van der Waals surface area contributed by atoms with E-state index >= 15 is 0 Å². The van der Waals surface area contributed by atoms with Gasteiger partial charge in [-0.1, -0.05) is 71.9 Å². The SMILES string of the molecule is Cc1c(N(C)S(=O)(=O)c2cccc(-c3nc(Cc4cccc5ccccc45)no3)c2)c(=O)n(-c2ccccc2)n1C. The van der Waals surface area contributed by atoms with Crippen LogP contribution in [0, 0.1) is 6.92 Å². The van der Waals surface area contributed by atoms with Crippen molar-refractivity contribution in [2.24, 2.45) is 7.05 Å². The molecule has 0 N–H and O–H groups in total. The van der Waals surface area contributed by atoms with E-state index in [1.54, 1.807) is 42.9 Å². The maximum atomic E-state index is 13.8. The summed E-state index contributed by atoms with van der Waals surface area (Å²) < 4.78 is 37.2. The summed E-state index contributed by atoms with van der Waals surface area (Å²) in [6.45, 7) is 1.72. The zero-order valence-corrected chi connectivity index (χ0v) is 23.5. The van der Waals surface area contributed by atoms with Crippen molar-refractivity contribution in [1.29, 1.82) is 0 Å². The molecule has 0 amide bonds. The average Bonchev–Trinajstić information content (AvgIpc) is 3.55. The number of fused-ring (bicyclic) bond motifs is 1. The smallest absolute Gasteiger partial charge is 0.296 e. The van der Waals surface area contributed by atoms with Crippen LogP contribution < -0.4 is 9.86 Å². The molecule has 0 aliphatic rings. The topological polar surface area (TPSA) is 103 Å². The standard InChI is InChI=1S/C31H27N5O4S/c1-21-29(31(37)36(34(21)2)25-15-5-4-6-16-25)35(3)41(38,39)26-17-10-14-24(19-26)30-32-28(33-40-30)20-23-13-9-12-22-11-7-8-18-27(22)23/h4-19H,20H2,1-3H3. The Hall–Kier alpha value is -4.96. The summed E-state index contributed by atoms with van der Waals surface area (Å²) in [6.07, 6.45) is 0.465. The van der Waals surface area contributed by atoms with Crippen LogP contribution in [0.3, 0.4) is 0 Å². The molecule has 0 radical (unpaired) electrons. The van der Waals surface area contributed by atoms with E-state index in [2.05, 4.69) is 28.3 Å². The molecule has 2 aromatic heterocycles. The van der Waals surface area contributed by atoms with Gasteiger partial charge in [-0.25, -0.2) is 13.1 Å². The Morgan fingerprint density at radius 1 is 0.902 bits per heavy atom. The third-order valence-corrected chi connectivity index (χ3v) is 9.03. The molecule has 6 rings (SSSR count). The maximum Gasteiger partial charge on any atom is 0.296 e. The second kappa shape index (κ2) is 10.2. The van der Waals surface area contributed by atoms with Gasteiger partial charge in [0.25, 0.3) is 21.5 Å². The third-order valence-electron chi connectivity index (χ3n) is 7.27. The number of rotatable bonds is 7. The van der Waals surface area contributed by atoms with Crippen molar-refractivity contribution in [3.05, 3.63) is 124 Å². The van der Waals surface area contributed by atoms with Crippen LogP contribution in [0.2, 0.25) is 0 Å². The van der Waals surface area contributed by atoms with Gasteiger partial charge in [0.05, 0.1) is 16.3 Å². The van der Waals surface area contributed by atoms with E-state index in [9.17, 15) is 13.2 Å². The van der Waals surface area contributed by atoms with Crippen LogP contribution in [0.5, 0.6) is 0 Å². The van der Waals surface area contributed by atoms with Crippen molar-refractivity contribution >= 4 is 26.5 Å². The van der Waals surface area contributed by atoms with Crippen LogP contribution >= 0.6 is 0 Å². The van der Waals surface area contributed by atoms with E-state index in [1.165, 1.54) is 23.9 Å². The average molecular weight is 566 g/mol. The molecule has 9 nitrogen and oxygen atoms in total. The van der Waals surface area contributed by atoms with Gasteiger partial charge in [0.1, 0.15) is 5.69 Å². The van der Waals surface area contributed by atoms with E-state index in [4.69, 9.17) is 4.52 Å². The highest BCUT2D eigenvalue weighted by atomic mass is 32.2. The normalized spacial score (nSPS) is 11.7. The zero-order valence-electron chi connectivity index (χ0n) is 22.7. The van der Waals surface area contributed by atoms with Crippen molar-refractivity contribution in [3.63, 3.8) is 0 Å². The van der Waals surface area contributed by atoms with E-state index in [1.807, 2.05) is 42.5 Å². The second-order valence-electron chi connectivity index (χ2n) is 9.74. The molecule has 0 aliphatic carbocycles.